The predicted molar refractivity (Wildman–Crippen MR) is 45.4 cm³/mol. The minimum atomic E-state index is -0.392. The van der Waals surface area contributed by atoms with Crippen molar-refractivity contribution < 1.29 is 9.84 Å². The van der Waals surface area contributed by atoms with Gasteiger partial charge in [-0.15, -0.1) is 0 Å². The maximum Gasteiger partial charge on any atom is 0.0684 e. The van der Waals surface area contributed by atoms with Gasteiger partial charge in [-0.05, 0) is 12.8 Å². The Morgan fingerprint density at radius 3 is 2.73 bits per heavy atom. The van der Waals surface area contributed by atoms with Crippen molar-refractivity contribution in [2.45, 2.75) is 32.3 Å². The Balaban J connectivity index is 2.89. The van der Waals surface area contributed by atoms with Crippen molar-refractivity contribution in [3.63, 3.8) is 0 Å². The summed E-state index contributed by atoms with van der Waals surface area (Å²) in [5.41, 5.74) is 5.21. The van der Waals surface area contributed by atoms with Gasteiger partial charge in [0.2, 0.25) is 0 Å². The zero-order valence-electron chi connectivity index (χ0n) is 7.25. The van der Waals surface area contributed by atoms with Crippen LogP contribution in [0, 0.1) is 0 Å². The highest BCUT2D eigenvalue weighted by molar-refractivity contribution is 4.53. The van der Waals surface area contributed by atoms with Gasteiger partial charge in [0.25, 0.3) is 0 Å². The van der Waals surface area contributed by atoms with Gasteiger partial charge < -0.3 is 15.6 Å². The van der Waals surface area contributed by atoms with Crippen molar-refractivity contribution in [2.24, 2.45) is 5.73 Å². The molecule has 0 rings (SSSR count). The quantitative estimate of drug-likeness (QED) is 0.535. The molecular formula is C8H19NO2. The summed E-state index contributed by atoms with van der Waals surface area (Å²) < 4.78 is 5.23. The average Bonchev–Trinajstić information content (AvgIpc) is 2.04. The van der Waals surface area contributed by atoms with Crippen LogP contribution in [0.4, 0.5) is 0 Å². The Bertz CT molecular complexity index is 78.5. The van der Waals surface area contributed by atoms with Gasteiger partial charge in [-0.25, -0.2) is 0 Å². The van der Waals surface area contributed by atoms with Gasteiger partial charge in [-0.2, -0.15) is 0 Å². The van der Waals surface area contributed by atoms with Crippen LogP contribution in [0.1, 0.15) is 26.2 Å². The molecule has 0 aliphatic carbocycles. The van der Waals surface area contributed by atoms with Gasteiger partial charge in [0.1, 0.15) is 0 Å². The van der Waals surface area contributed by atoms with E-state index < -0.39 is 6.10 Å². The zero-order valence-corrected chi connectivity index (χ0v) is 7.25. The molecule has 0 heterocycles. The van der Waals surface area contributed by atoms with Crippen LogP contribution >= 0.6 is 0 Å². The Labute approximate surface area is 68.5 Å². The molecule has 0 fully saturated rings. The highest BCUT2D eigenvalue weighted by Crippen LogP contribution is 1.92. The Hall–Kier alpha value is -0.120. The molecule has 0 saturated carbocycles. The number of hydrogen-bond donors (Lipinski definition) is 2. The van der Waals surface area contributed by atoms with Gasteiger partial charge in [0.05, 0.1) is 6.10 Å². The maximum absolute atomic E-state index is 9.01. The number of aliphatic hydroxyl groups excluding tert-OH is 1. The fourth-order valence-electron chi connectivity index (χ4n) is 0.686. The van der Waals surface area contributed by atoms with E-state index in [1.807, 2.05) is 0 Å². The lowest BCUT2D eigenvalue weighted by Crippen LogP contribution is -2.21. The molecule has 0 radical (unpaired) electrons. The van der Waals surface area contributed by atoms with Crippen LogP contribution in [0.15, 0.2) is 0 Å². The lowest BCUT2D eigenvalue weighted by atomic mass is 10.3. The van der Waals surface area contributed by atoms with E-state index in [4.69, 9.17) is 15.6 Å². The van der Waals surface area contributed by atoms with Crippen molar-refractivity contribution in [1.82, 2.24) is 0 Å². The molecule has 0 amide bonds. The van der Waals surface area contributed by atoms with Crippen molar-refractivity contribution in [2.75, 3.05) is 19.8 Å². The fourth-order valence-corrected chi connectivity index (χ4v) is 0.686. The molecule has 68 valence electrons. The molecule has 11 heavy (non-hydrogen) atoms. The van der Waals surface area contributed by atoms with Crippen LogP contribution in [0.3, 0.4) is 0 Å². The third-order valence-electron chi connectivity index (χ3n) is 1.51. The third kappa shape index (κ3) is 7.78. The molecule has 0 aromatic rings. The molecule has 3 heteroatoms. The number of unbranched alkanes of at least 4 members (excludes halogenated alkanes) is 1. The second-order valence-corrected chi connectivity index (χ2v) is 2.64. The summed E-state index contributed by atoms with van der Waals surface area (Å²) in [5, 5.41) is 9.01. The number of rotatable bonds is 7. The molecule has 0 aromatic heterocycles. The van der Waals surface area contributed by atoms with Crippen molar-refractivity contribution in [1.29, 1.82) is 0 Å². The summed E-state index contributed by atoms with van der Waals surface area (Å²) in [6, 6.07) is 0. The highest BCUT2D eigenvalue weighted by atomic mass is 16.5. The minimum Gasteiger partial charge on any atom is -0.392 e. The SMILES string of the molecule is CCCCOCCC(O)CN. The average molecular weight is 161 g/mol. The van der Waals surface area contributed by atoms with Gasteiger partial charge in [-0.1, -0.05) is 13.3 Å². The lowest BCUT2D eigenvalue weighted by molar-refractivity contribution is 0.0839. The zero-order chi connectivity index (χ0) is 8.53. The Morgan fingerprint density at radius 1 is 1.45 bits per heavy atom. The maximum atomic E-state index is 9.01. The predicted octanol–water partition coefficient (Wildman–Crippen LogP) is 0.513. The summed E-state index contributed by atoms with van der Waals surface area (Å²) in [5.74, 6) is 0. The number of ether oxygens (including phenoxy) is 1. The molecule has 0 saturated heterocycles. The number of nitrogens with two attached hydrogens (primary N) is 1. The van der Waals surface area contributed by atoms with E-state index in [2.05, 4.69) is 6.92 Å². The molecule has 1 unspecified atom stereocenters. The van der Waals surface area contributed by atoms with Crippen LogP contribution in [0.2, 0.25) is 0 Å². The lowest BCUT2D eigenvalue weighted by Gasteiger charge is -2.07. The van der Waals surface area contributed by atoms with E-state index in [0.29, 0.717) is 19.6 Å². The summed E-state index contributed by atoms with van der Waals surface area (Å²) in [7, 11) is 0. The standard InChI is InChI=1S/C8H19NO2/c1-2-3-5-11-6-4-8(10)7-9/h8,10H,2-7,9H2,1H3. The van der Waals surface area contributed by atoms with Crippen LogP contribution in [0.5, 0.6) is 0 Å². The molecule has 3 N–H and O–H groups in total. The van der Waals surface area contributed by atoms with E-state index in [1.54, 1.807) is 0 Å². The van der Waals surface area contributed by atoms with Crippen molar-refractivity contribution in [3.05, 3.63) is 0 Å². The minimum absolute atomic E-state index is 0.330. The molecule has 0 aliphatic heterocycles. The summed E-state index contributed by atoms with van der Waals surface area (Å²) >= 11 is 0. The van der Waals surface area contributed by atoms with Gasteiger partial charge in [-0.3, -0.25) is 0 Å². The van der Waals surface area contributed by atoms with Gasteiger partial charge >= 0.3 is 0 Å². The second-order valence-electron chi connectivity index (χ2n) is 2.64. The fraction of sp³-hybridized carbons (Fsp3) is 1.00. The second kappa shape index (κ2) is 7.98. The van der Waals surface area contributed by atoms with E-state index in [1.165, 1.54) is 0 Å². The van der Waals surface area contributed by atoms with Crippen LogP contribution < -0.4 is 5.73 Å². The summed E-state index contributed by atoms with van der Waals surface area (Å²) in [4.78, 5) is 0. The monoisotopic (exact) mass is 161 g/mol. The Kier molecular flexibility index (Phi) is 7.89. The largest absolute Gasteiger partial charge is 0.392 e. The smallest absolute Gasteiger partial charge is 0.0684 e. The first-order chi connectivity index (χ1) is 5.31. The highest BCUT2D eigenvalue weighted by Gasteiger charge is 1.98. The van der Waals surface area contributed by atoms with Gasteiger partial charge in [0.15, 0.2) is 0 Å². The first-order valence-corrected chi connectivity index (χ1v) is 4.27. The van der Waals surface area contributed by atoms with Crippen LogP contribution in [-0.2, 0) is 4.74 Å². The topological polar surface area (TPSA) is 55.5 Å². The summed E-state index contributed by atoms with van der Waals surface area (Å²) in [6.07, 6.45) is 2.51. The number of hydrogen-bond acceptors (Lipinski definition) is 3. The van der Waals surface area contributed by atoms with E-state index in [0.717, 1.165) is 19.4 Å². The Morgan fingerprint density at radius 2 is 2.18 bits per heavy atom. The van der Waals surface area contributed by atoms with Crippen LogP contribution in [0.25, 0.3) is 0 Å². The molecule has 0 bridgehead atoms. The number of aliphatic hydroxyl groups is 1. The molecule has 3 nitrogen and oxygen atoms in total. The molecule has 0 spiro atoms. The molecule has 1 atom stereocenters. The molecular weight excluding hydrogens is 142 g/mol. The first-order valence-electron chi connectivity index (χ1n) is 4.27. The first kappa shape index (κ1) is 10.9. The van der Waals surface area contributed by atoms with E-state index >= 15 is 0 Å². The van der Waals surface area contributed by atoms with Crippen molar-refractivity contribution >= 4 is 0 Å². The van der Waals surface area contributed by atoms with E-state index in [9.17, 15) is 0 Å². The van der Waals surface area contributed by atoms with Crippen LogP contribution in [-0.4, -0.2) is 31.0 Å². The molecule has 0 aliphatic rings. The third-order valence-corrected chi connectivity index (χ3v) is 1.51. The van der Waals surface area contributed by atoms with Gasteiger partial charge in [0, 0.05) is 19.8 Å². The summed E-state index contributed by atoms with van der Waals surface area (Å²) in [6.45, 7) is 3.88. The molecule has 0 aromatic carbocycles. The van der Waals surface area contributed by atoms with Crippen molar-refractivity contribution in [3.8, 4) is 0 Å². The van der Waals surface area contributed by atoms with E-state index in [-0.39, 0.29) is 0 Å². The normalized spacial score (nSPS) is 13.4.